The largest absolute Gasteiger partial charge is 0.350 e. The molecule has 0 saturated carbocycles. The molecule has 0 radical (unpaired) electrons. The first kappa shape index (κ1) is 19.0. The van der Waals surface area contributed by atoms with E-state index in [1.54, 1.807) is 30.3 Å². The molecule has 1 saturated heterocycles. The molecule has 2 atom stereocenters. The molecule has 1 heterocycles. The van der Waals surface area contributed by atoms with Crippen LogP contribution in [0.15, 0.2) is 48.5 Å². The van der Waals surface area contributed by atoms with E-state index in [1.165, 1.54) is 6.07 Å². The summed E-state index contributed by atoms with van der Waals surface area (Å²) in [5.41, 5.74) is 1.08. The van der Waals surface area contributed by atoms with Gasteiger partial charge in [-0.1, -0.05) is 24.3 Å². The Bertz CT molecular complexity index is 829. The van der Waals surface area contributed by atoms with Gasteiger partial charge in [-0.3, -0.25) is 14.5 Å². The summed E-state index contributed by atoms with van der Waals surface area (Å²) in [7, 11) is 1.87. The molecule has 7 heteroatoms. The fourth-order valence-electron chi connectivity index (χ4n) is 3.39. The summed E-state index contributed by atoms with van der Waals surface area (Å²) in [4.78, 5) is 26.3. The summed E-state index contributed by atoms with van der Waals surface area (Å²) in [6.07, 6.45) is 0.679. The Hall–Kier alpha value is -2.80. The Morgan fingerprint density at radius 2 is 1.85 bits per heavy atom. The molecule has 1 aliphatic heterocycles. The van der Waals surface area contributed by atoms with Gasteiger partial charge in [0.2, 0.25) is 5.91 Å². The summed E-state index contributed by atoms with van der Waals surface area (Å²) in [5.74, 6) is -2.46. The van der Waals surface area contributed by atoms with Crippen LogP contribution < -0.4 is 10.6 Å². The highest BCUT2D eigenvalue weighted by molar-refractivity contribution is 5.96. The summed E-state index contributed by atoms with van der Waals surface area (Å²) in [5, 5.41) is 5.47. The van der Waals surface area contributed by atoms with E-state index in [4.69, 9.17) is 0 Å². The van der Waals surface area contributed by atoms with Crippen molar-refractivity contribution >= 4 is 11.8 Å². The first-order valence-electron chi connectivity index (χ1n) is 8.73. The first-order chi connectivity index (χ1) is 13.0. The average Bonchev–Trinajstić information content (AvgIpc) is 3.03. The van der Waals surface area contributed by atoms with Crippen LogP contribution in [-0.4, -0.2) is 42.9 Å². The molecule has 0 unspecified atom stereocenters. The van der Waals surface area contributed by atoms with E-state index in [0.717, 1.165) is 12.1 Å². The van der Waals surface area contributed by atoms with Gasteiger partial charge >= 0.3 is 0 Å². The molecule has 1 fully saturated rings. The monoisotopic (exact) mass is 373 g/mol. The van der Waals surface area contributed by atoms with E-state index in [1.807, 2.05) is 11.9 Å². The second kappa shape index (κ2) is 8.26. The van der Waals surface area contributed by atoms with Crippen molar-refractivity contribution in [1.29, 1.82) is 0 Å². The number of carbonyl (C=O) groups excluding carboxylic acids is 2. The molecule has 2 aromatic rings. The van der Waals surface area contributed by atoms with Crippen LogP contribution in [0.2, 0.25) is 0 Å². The summed E-state index contributed by atoms with van der Waals surface area (Å²) in [6.45, 7) is 0.559. The number of likely N-dealkylation sites (N-methyl/N-ethyl adjacent to an activating group) is 1. The molecular weight excluding hydrogens is 352 g/mol. The van der Waals surface area contributed by atoms with Gasteiger partial charge in [0.15, 0.2) is 11.6 Å². The van der Waals surface area contributed by atoms with Crippen molar-refractivity contribution in [2.45, 2.75) is 18.5 Å². The average molecular weight is 373 g/mol. The minimum atomic E-state index is -0.909. The molecule has 2 N–H and O–H groups in total. The SMILES string of the molecule is CN1CC[C@H](NC(=O)CNC(=O)c2ccccc2)[C@H]1c1ccc(F)c(F)c1. The van der Waals surface area contributed by atoms with Crippen molar-refractivity contribution in [3.05, 3.63) is 71.3 Å². The number of likely N-dealkylation sites (tertiary alicyclic amines) is 1. The van der Waals surface area contributed by atoms with E-state index in [9.17, 15) is 18.4 Å². The maximum Gasteiger partial charge on any atom is 0.251 e. The van der Waals surface area contributed by atoms with Crippen LogP contribution in [0.4, 0.5) is 8.78 Å². The number of rotatable bonds is 5. The van der Waals surface area contributed by atoms with Gasteiger partial charge < -0.3 is 10.6 Å². The second-order valence-electron chi connectivity index (χ2n) is 6.61. The van der Waals surface area contributed by atoms with E-state index in [0.29, 0.717) is 24.1 Å². The topological polar surface area (TPSA) is 61.4 Å². The van der Waals surface area contributed by atoms with Crippen molar-refractivity contribution in [2.24, 2.45) is 0 Å². The van der Waals surface area contributed by atoms with Crippen molar-refractivity contribution in [3.8, 4) is 0 Å². The summed E-state index contributed by atoms with van der Waals surface area (Å²) >= 11 is 0. The maximum atomic E-state index is 13.6. The number of benzene rings is 2. The lowest BCUT2D eigenvalue weighted by Crippen LogP contribution is -2.44. The zero-order valence-electron chi connectivity index (χ0n) is 14.9. The molecule has 0 aromatic heterocycles. The molecular formula is C20H21F2N3O2. The molecule has 0 spiro atoms. The van der Waals surface area contributed by atoms with Gasteiger partial charge in [0.05, 0.1) is 12.6 Å². The third-order valence-electron chi connectivity index (χ3n) is 4.73. The van der Waals surface area contributed by atoms with Crippen molar-refractivity contribution in [1.82, 2.24) is 15.5 Å². The van der Waals surface area contributed by atoms with Gasteiger partial charge in [0.25, 0.3) is 5.91 Å². The minimum absolute atomic E-state index is 0.154. The molecule has 5 nitrogen and oxygen atoms in total. The highest BCUT2D eigenvalue weighted by Crippen LogP contribution is 2.31. The third kappa shape index (κ3) is 4.49. The predicted molar refractivity (Wildman–Crippen MR) is 97.1 cm³/mol. The van der Waals surface area contributed by atoms with Gasteiger partial charge in [-0.25, -0.2) is 8.78 Å². The minimum Gasteiger partial charge on any atom is -0.350 e. The quantitative estimate of drug-likeness (QED) is 0.845. The number of halogens is 2. The first-order valence-corrected chi connectivity index (χ1v) is 8.73. The molecule has 0 aliphatic carbocycles. The van der Waals surface area contributed by atoms with E-state index in [2.05, 4.69) is 10.6 Å². The summed E-state index contributed by atoms with van der Waals surface area (Å²) < 4.78 is 26.8. The van der Waals surface area contributed by atoms with Crippen LogP contribution in [0.1, 0.15) is 28.4 Å². The fourth-order valence-corrected chi connectivity index (χ4v) is 3.39. The van der Waals surface area contributed by atoms with Gasteiger partial charge in [-0.05, 0) is 43.3 Å². The second-order valence-corrected chi connectivity index (χ2v) is 6.61. The lowest BCUT2D eigenvalue weighted by atomic mass is 10.00. The van der Waals surface area contributed by atoms with Crippen LogP contribution in [0.3, 0.4) is 0 Å². The van der Waals surface area contributed by atoms with E-state index in [-0.39, 0.29) is 30.4 Å². The fraction of sp³-hybridized carbons (Fsp3) is 0.300. The maximum absolute atomic E-state index is 13.6. The van der Waals surface area contributed by atoms with Crippen molar-refractivity contribution in [2.75, 3.05) is 20.1 Å². The molecule has 27 heavy (non-hydrogen) atoms. The van der Waals surface area contributed by atoms with Crippen LogP contribution in [0.5, 0.6) is 0 Å². The third-order valence-corrected chi connectivity index (χ3v) is 4.73. The lowest BCUT2D eigenvalue weighted by molar-refractivity contribution is -0.121. The van der Waals surface area contributed by atoms with Crippen LogP contribution >= 0.6 is 0 Å². The molecule has 1 aliphatic rings. The zero-order chi connectivity index (χ0) is 19.4. The number of hydrogen-bond acceptors (Lipinski definition) is 3. The lowest BCUT2D eigenvalue weighted by Gasteiger charge is -2.26. The van der Waals surface area contributed by atoms with Crippen LogP contribution in [0, 0.1) is 11.6 Å². The van der Waals surface area contributed by atoms with Crippen LogP contribution in [-0.2, 0) is 4.79 Å². The standard InChI is InChI=1S/C20H21F2N3O2/c1-25-10-9-17(19(25)14-7-8-15(21)16(22)11-14)24-18(26)12-23-20(27)13-5-3-2-4-6-13/h2-8,11,17,19H,9-10,12H2,1H3,(H,23,27)(H,24,26)/t17-,19+/m0/s1. The van der Waals surface area contributed by atoms with Crippen LogP contribution in [0.25, 0.3) is 0 Å². The Morgan fingerprint density at radius 1 is 1.11 bits per heavy atom. The molecule has 2 aromatic carbocycles. The highest BCUT2D eigenvalue weighted by Gasteiger charge is 2.34. The van der Waals surface area contributed by atoms with Gasteiger partial charge in [-0.15, -0.1) is 0 Å². The Balaban J connectivity index is 1.60. The Labute approximate surface area is 156 Å². The van der Waals surface area contributed by atoms with Crippen molar-refractivity contribution in [3.63, 3.8) is 0 Å². The smallest absolute Gasteiger partial charge is 0.251 e. The molecule has 0 bridgehead atoms. The van der Waals surface area contributed by atoms with E-state index >= 15 is 0 Å². The highest BCUT2D eigenvalue weighted by atomic mass is 19.2. The molecule has 3 rings (SSSR count). The van der Waals surface area contributed by atoms with E-state index < -0.39 is 11.6 Å². The Kier molecular flexibility index (Phi) is 5.81. The molecule has 142 valence electrons. The summed E-state index contributed by atoms with van der Waals surface area (Å²) in [6, 6.07) is 11.9. The Morgan fingerprint density at radius 3 is 2.56 bits per heavy atom. The number of hydrogen-bond donors (Lipinski definition) is 2. The van der Waals surface area contributed by atoms with Gasteiger partial charge in [-0.2, -0.15) is 0 Å². The van der Waals surface area contributed by atoms with Gasteiger partial charge in [0, 0.05) is 18.2 Å². The predicted octanol–water partition coefficient (Wildman–Crippen LogP) is 2.26. The van der Waals surface area contributed by atoms with Crippen molar-refractivity contribution < 1.29 is 18.4 Å². The molecule has 2 amide bonds. The number of carbonyl (C=O) groups is 2. The number of nitrogens with zero attached hydrogens (tertiary/aromatic N) is 1. The van der Waals surface area contributed by atoms with Gasteiger partial charge in [0.1, 0.15) is 0 Å². The zero-order valence-corrected chi connectivity index (χ0v) is 14.9. The number of amides is 2. The normalized spacial score (nSPS) is 19.7. The number of nitrogens with one attached hydrogen (secondary N) is 2.